The average molecular weight is 459 g/mol. The van der Waals surface area contributed by atoms with Gasteiger partial charge in [-0.3, -0.25) is 14.5 Å². The van der Waals surface area contributed by atoms with Crippen LogP contribution in [0.5, 0.6) is 0 Å². The zero-order chi connectivity index (χ0) is 23.1. The maximum absolute atomic E-state index is 13.4. The van der Waals surface area contributed by atoms with Gasteiger partial charge in [0, 0.05) is 5.56 Å². The molecule has 0 radical (unpaired) electrons. The molecule has 164 valence electrons. The van der Waals surface area contributed by atoms with Crippen LogP contribution in [0.25, 0.3) is 16.0 Å². The Balaban J connectivity index is 1.71. The summed E-state index contributed by atoms with van der Waals surface area (Å²) >= 11 is 1.33. The number of hydrogen-bond donors (Lipinski definition) is 1. The highest BCUT2D eigenvalue weighted by Crippen LogP contribution is 2.44. The van der Waals surface area contributed by atoms with Crippen LogP contribution >= 0.6 is 11.3 Å². The van der Waals surface area contributed by atoms with Crippen molar-refractivity contribution in [1.29, 1.82) is 0 Å². The molecular weight excluding hydrogens is 439 g/mol. The summed E-state index contributed by atoms with van der Waals surface area (Å²) in [7, 11) is 0. The van der Waals surface area contributed by atoms with Crippen molar-refractivity contribution in [2.24, 2.45) is 0 Å². The molecule has 2 heterocycles. The van der Waals surface area contributed by atoms with Crippen molar-refractivity contribution in [3.8, 4) is 0 Å². The van der Waals surface area contributed by atoms with E-state index >= 15 is 0 Å². The molecule has 1 saturated heterocycles. The van der Waals surface area contributed by atoms with E-state index in [-0.39, 0.29) is 16.9 Å². The van der Waals surface area contributed by atoms with Crippen molar-refractivity contribution in [3.63, 3.8) is 0 Å². The summed E-state index contributed by atoms with van der Waals surface area (Å²) < 4.78 is 14.3. The third-order valence-electron chi connectivity index (χ3n) is 5.73. The van der Waals surface area contributed by atoms with E-state index in [0.717, 1.165) is 22.2 Å². The van der Waals surface area contributed by atoms with Gasteiger partial charge in [-0.25, -0.2) is 9.37 Å². The van der Waals surface area contributed by atoms with Crippen LogP contribution in [0, 0.1) is 5.82 Å². The highest BCUT2D eigenvalue weighted by molar-refractivity contribution is 7.22. The number of fused-ring (bicyclic) bond motifs is 1. The lowest BCUT2D eigenvalue weighted by molar-refractivity contribution is -0.132. The predicted molar refractivity (Wildman–Crippen MR) is 127 cm³/mol. The summed E-state index contributed by atoms with van der Waals surface area (Å²) in [4.78, 5) is 32.4. The topological polar surface area (TPSA) is 70.5 Å². The molecule has 1 fully saturated rings. The summed E-state index contributed by atoms with van der Waals surface area (Å²) in [6.45, 7) is 2.06. The van der Waals surface area contributed by atoms with Crippen LogP contribution in [-0.4, -0.2) is 21.8 Å². The largest absolute Gasteiger partial charge is 0.507 e. The molecule has 0 bridgehead atoms. The molecule has 3 aromatic carbocycles. The van der Waals surface area contributed by atoms with E-state index in [2.05, 4.69) is 11.9 Å². The Morgan fingerprint density at radius 1 is 1.06 bits per heavy atom. The van der Waals surface area contributed by atoms with E-state index < -0.39 is 23.5 Å². The van der Waals surface area contributed by atoms with Gasteiger partial charge in [0.15, 0.2) is 5.13 Å². The Hall–Kier alpha value is -3.84. The van der Waals surface area contributed by atoms with Crippen LogP contribution < -0.4 is 4.90 Å². The Bertz CT molecular complexity index is 1410. The third kappa shape index (κ3) is 3.60. The minimum Gasteiger partial charge on any atom is -0.507 e. The van der Waals surface area contributed by atoms with E-state index in [0.29, 0.717) is 10.7 Å². The summed E-state index contributed by atoms with van der Waals surface area (Å²) in [5.74, 6) is -2.38. The number of thiazole rings is 1. The second-order valence-corrected chi connectivity index (χ2v) is 8.75. The van der Waals surface area contributed by atoms with Crippen LogP contribution in [0.4, 0.5) is 9.52 Å². The molecule has 1 aliphatic rings. The highest BCUT2D eigenvalue weighted by atomic mass is 32.1. The second-order valence-electron chi connectivity index (χ2n) is 7.74. The molecule has 0 unspecified atom stereocenters. The number of carbonyl (C=O) groups excluding carboxylic acids is 2. The van der Waals surface area contributed by atoms with Crippen molar-refractivity contribution in [2.45, 2.75) is 19.4 Å². The molecule has 1 aromatic heterocycles. The fourth-order valence-electron chi connectivity index (χ4n) is 4.02. The molecule has 0 saturated carbocycles. The first-order valence-corrected chi connectivity index (χ1v) is 11.3. The number of halogens is 1. The SMILES string of the molecule is CCc1ccc2nc(N3C(=O)C(=O)C(=C(O)c4ccc(F)cc4)[C@@H]3c3ccccc3)sc2c1. The first kappa shape index (κ1) is 21.0. The number of benzene rings is 3. The van der Waals surface area contributed by atoms with Crippen LogP contribution in [-0.2, 0) is 16.0 Å². The maximum Gasteiger partial charge on any atom is 0.301 e. The Kier molecular flexibility index (Phi) is 5.26. The van der Waals surface area contributed by atoms with Gasteiger partial charge in [0.05, 0.1) is 21.8 Å². The van der Waals surface area contributed by atoms with Gasteiger partial charge >= 0.3 is 5.91 Å². The maximum atomic E-state index is 13.4. The van der Waals surface area contributed by atoms with Crippen LogP contribution in [0.2, 0.25) is 0 Å². The minimum atomic E-state index is -0.859. The number of aromatic nitrogens is 1. The van der Waals surface area contributed by atoms with Gasteiger partial charge in [0.2, 0.25) is 0 Å². The third-order valence-corrected chi connectivity index (χ3v) is 6.75. The number of carbonyl (C=O) groups is 2. The fraction of sp³-hybridized carbons (Fsp3) is 0.115. The van der Waals surface area contributed by atoms with Gasteiger partial charge in [-0.05, 0) is 53.9 Å². The van der Waals surface area contributed by atoms with Gasteiger partial charge in [-0.1, -0.05) is 54.7 Å². The average Bonchev–Trinajstić information content (AvgIpc) is 3.37. The van der Waals surface area contributed by atoms with E-state index in [1.54, 1.807) is 24.3 Å². The summed E-state index contributed by atoms with van der Waals surface area (Å²) in [5, 5.41) is 11.4. The monoisotopic (exact) mass is 458 g/mol. The molecule has 1 aliphatic heterocycles. The van der Waals surface area contributed by atoms with Crippen molar-refractivity contribution in [2.75, 3.05) is 4.90 Å². The smallest absolute Gasteiger partial charge is 0.301 e. The number of aryl methyl sites for hydroxylation is 1. The molecular formula is C26H19FN2O3S. The summed E-state index contributed by atoms with van der Waals surface area (Å²) in [5.41, 5.74) is 2.75. The Morgan fingerprint density at radius 3 is 2.48 bits per heavy atom. The van der Waals surface area contributed by atoms with E-state index in [4.69, 9.17) is 0 Å². The molecule has 5 rings (SSSR count). The number of aliphatic hydroxyl groups excluding tert-OH is 1. The van der Waals surface area contributed by atoms with Crippen molar-refractivity contribution in [1.82, 2.24) is 4.98 Å². The van der Waals surface area contributed by atoms with Crippen molar-refractivity contribution in [3.05, 3.63) is 101 Å². The molecule has 0 spiro atoms. The lowest BCUT2D eigenvalue weighted by Gasteiger charge is -2.22. The first-order chi connectivity index (χ1) is 16.0. The number of rotatable bonds is 4. The van der Waals surface area contributed by atoms with Crippen LogP contribution in [0.15, 0.2) is 78.4 Å². The number of anilines is 1. The first-order valence-electron chi connectivity index (χ1n) is 10.5. The van der Waals surface area contributed by atoms with E-state index in [1.807, 2.05) is 24.3 Å². The number of ketones is 1. The lowest BCUT2D eigenvalue weighted by atomic mass is 9.95. The standard InChI is InChI=1S/C26H19FN2O3S/c1-2-15-8-13-19-20(14-15)33-26(28-19)29-22(16-6-4-3-5-7-16)21(24(31)25(29)32)23(30)17-9-11-18(27)12-10-17/h3-14,22,30H,2H2,1H3/t22-/m0/s1. The predicted octanol–water partition coefficient (Wildman–Crippen LogP) is 5.62. The number of aliphatic hydroxyl groups is 1. The lowest BCUT2D eigenvalue weighted by Crippen LogP contribution is -2.29. The molecule has 4 aromatic rings. The number of Topliss-reactive ketones (excluding diaryl/α,β-unsaturated/α-hetero) is 1. The van der Waals surface area contributed by atoms with Gasteiger partial charge in [-0.15, -0.1) is 0 Å². The zero-order valence-electron chi connectivity index (χ0n) is 17.7. The van der Waals surface area contributed by atoms with Crippen molar-refractivity contribution < 1.29 is 19.1 Å². The number of nitrogens with zero attached hydrogens (tertiary/aromatic N) is 2. The highest BCUT2D eigenvalue weighted by Gasteiger charge is 2.48. The molecule has 0 aliphatic carbocycles. The van der Waals surface area contributed by atoms with Crippen LogP contribution in [0.1, 0.15) is 29.7 Å². The minimum absolute atomic E-state index is 0.0497. The fourth-order valence-corrected chi connectivity index (χ4v) is 5.08. The van der Waals surface area contributed by atoms with Gasteiger partial charge in [-0.2, -0.15) is 0 Å². The van der Waals surface area contributed by atoms with Gasteiger partial charge in [0.25, 0.3) is 5.78 Å². The van der Waals surface area contributed by atoms with Crippen molar-refractivity contribution >= 4 is 44.1 Å². The second kappa shape index (κ2) is 8.26. The molecule has 33 heavy (non-hydrogen) atoms. The molecule has 5 nitrogen and oxygen atoms in total. The summed E-state index contributed by atoms with van der Waals surface area (Å²) in [6.07, 6.45) is 0.870. The quantitative estimate of drug-likeness (QED) is 0.245. The van der Waals surface area contributed by atoms with E-state index in [9.17, 15) is 19.1 Å². The number of hydrogen-bond acceptors (Lipinski definition) is 5. The molecule has 1 atom stereocenters. The number of amides is 1. The Morgan fingerprint density at radius 2 is 1.79 bits per heavy atom. The van der Waals surface area contributed by atoms with Gasteiger partial charge in [0.1, 0.15) is 11.6 Å². The van der Waals surface area contributed by atoms with Gasteiger partial charge < -0.3 is 5.11 Å². The van der Waals surface area contributed by atoms with Crippen LogP contribution in [0.3, 0.4) is 0 Å². The molecule has 1 amide bonds. The summed E-state index contributed by atoms with van der Waals surface area (Å²) in [6, 6.07) is 19.2. The van der Waals surface area contributed by atoms with E-state index in [1.165, 1.54) is 40.5 Å². The Labute approximate surface area is 193 Å². The zero-order valence-corrected chi connectivity index (χ0v) is 18.5. The molecule has 1 N–H and O–H groups in total. The molecule has 7 heteroatoms. The normalized spacial score (nSPS) is 17.8.